The van der Waals surface area contributed by atoms with Crippen LogP contribution in [0.2, 0.25) is 10.0 Å². The second kappa shape index (κ2) is 12.4. The van der Waals surface area contributed by atoms with Gasteiger partial charge in [0.05, 0.1) is 33.1 Å². The summed E-state index contributed by atoms with van der Waals surface area (Å²) in [5, 5.41) is 25.2. The molecular weight excluding hydrogens is 587 g/mol. The zero-order chi connectivity index (χ0) is 29.1. The van der Waals surface area contributed by atoms with Crippen LogP contribution in [0.1, 0.15) is 37.6 Å². The molecule has 1 aromatic heterocycles. The minimum atomic E-state index is -1.01. The molecule has 0 aliphatic carbocycles. The second-order valence-corrected chi connectivity index (χ2v) is 11.7. The van der Waals surface area contributed by atoms with E-state index in [1.54, 1.807) is 22.1 Å². The van der Waals surface area contributed by atoms with E-state index >= 15 is 0 Å². The molecular formula is C28H26Cl2N6O4S. The Balaban J connectivity index is 1.29. The van der Waals surface area contributed by atoms with E-state index in [1.165, 1.54) is 11.3 Å². The molecule has 1 saturated heterocycles. The third-order valence-corrected chi connectivity index (χ3v) is 8.92. The standard InChI is InChI=1S/C28H26Cl2N6O4S/c29-21-9-17-12-35(27(40)23-10-16-3-1-2-4-22(16)41-23)8-6-20(17)25(30)24(21)26(39)34-18(14-37)11-32-28(33-15-31)36-7-5-19(38)13-36/h1-4,9-10,14,18-19,38H,5-8,11-13H2,(H,32,33)(H,34,39)/t18?,19-/m0/s1. The first kappa shape index (κ1) is 28.8. The number of amides is 2. The number of aldehydes is 1. The maximum absolute atomic E-state index is 13.3. The number of β-amino-alcohol motifs (C(OH)–C–C–N with tert-alkyl or cyclic N) is 1. The summed E-state index contributed by atoms with van der Waals surface area (Å²) in [5.41, 5.74) is 1.54. The molecule has 212 valence electrons. The molecule has 2 aliphatic heterocycles. The molecule has 5 rings (SSSR count). The summed E-state index contributed by atoms with van der Waals surface area (Å²) in [6.07, 6.45) is 2.78. The molecule has 1 fully saturated rings. The van der Waals surface area contributed by atoms with Crippen molar-refractivity contribution in [2.24, 2.45) is 4.99 Å². The highest BCUT2D eigenvalue weighted by atomic mass is 35.5. The van der Waals surface area contributed by atoms with Crippen molar-refractivity contribution in [2.45, 2.75) is 31.5 Å². The number of fused-ring (bicyclic) bond motifs is 2. The largest absolute Gasteiger partial charge is 0.391 e. The Labute approximate surface area is 250 Å². The number of nitrogens with one attached hydrogen (secondary N) is 2. The van der Waals surface area contributed by atoms with Crippen LogP contribution in [0, 0.1) is 11.5 Å². The van der Waals surface area contributed by atoms with Crippen molar-refractivity contribution in [3.63, 3.8) is 0 Å². The fourth-order valence-electron chi connectivity index (χ4n) is 5.03. The van der Waals surface area contributed by atoms with Gasteiger partial charge in [0.25, 0.3) is 11.8 Å². The lowest BCUT2D eigenvalue weighted by Gasteiger charge is -2.30. The van der Waals surface area contributed by atoms with E-state index in [0.717, 1.165) is 21.2 Å². The zero-order valence-corrected chi connectivity index (χ0v) is 24.1. The highest BCUT2D eigenvalue weighted by molar-refractivity contribution is 7.20. The number of likely N-dealkylation sites (tertiary alicyclic amines) is 1. The first-order valence-electron chi connectivity index (χ1n) is 12.9. The highest BCUT2D eigenvalue weighted by Crippen LogP contribution is 2.35. The van der Waals surface area contributed by atoms with Gasteiger partial charge in [0.15, 0.2) is 6.19 Å². The second-order valence-electron chi connectivity index (χ2n) is 9.82. The topological polar surface area (TPSA) is 138 Å². The van der Waals surface area contributed by atoms with Crippen molar-refractivity contribution >= 4 is 68.7 Å². The van der Waals surface area contributed by atoms with E-state index in [0.29, 0.717) is 50.2 Å². The molecule has 2 aliphatic rings. The van der Waals surface area contributed by atoms with Crippen LogP contribution in [0.15, 0.2) is 41.4 Å². The van der Waals surface area contributed by atoms with Gasteiger partial charge in [-0.05, 0) is 47.6 Å². The molecule has 10 nitrogen and oxygen atoms in total. The Morgan fingerprint density at radius 2 is 2.05 bits per heavy atom. The number of guanidine groups is 1. The number of benzene rings is 2. The summed E-state index contributed by atoms with van der Waals surface area (Å²) in [5.74, 6) is -0.496. The smallest absolute Gasteiger partial charge is 0.264 e. The van der Waals surface area contributed by atoms with Gasteiger partial charge in [0.1, 0.15) is 12.3 Å². The van der Waals surface area contributed by atoms with E-state index in [9.17, 15) is 19.5 Å². The third kappa shape index (κ3) is 6.16. The van der Waals surface area contributed by atoms with Crippen LogP contribution in [0.4, 0.5) is 0 Å². The van der Waals surface area contributed by atoms with Crippen LogP contribution in [-0.4, -0.2) is 77.3 Å². The van der Waals surface area contributed by atoms with Crippen molar-refractivity contribution in [3.05, 3.63) is 68.0 Å². The molecule has 1 unspecified atom stereocenters. The van der Waals surface area contributed by atoms with Crippen LogP contribution in [0.5, 0.6) is 0 Å². The van der Waals surface area contributed by atoms with E-state index in [1.807, 2.05) is 30.3 Å². The molecule has 0 spiro atoms. The monoisotopic (exact) mass is 612 g/mol. The highest BCUT2D eigenvalue weighted by Gasteiger charge is 2.29. The molecule has 3 heterocycles. The molecule has 2 aromatic carbocycles. The first-order valence-corrected chi connectivity index (χ1v) is 14.5. The molecule has 2 amide bonds. The lowest BCUT2D eigenvalue weighted by Crippen LogP contribution is -2.42. The van der Waals surface area contributed by atoms with Gasteiger partial charge in [0.2, 0.25) is 5.96 Å². The van der Waals surface area contributed by atoms with E-state index in [4.69, 9.17) is 28.5 Å². The van der Waals surface area contributed by atoms with Gasteiger partial charge < -0.3 is 25.0 Å². The molecule has 0 saturated carbocycles. The first-order chi connectivity index (χ1) is 19.8. The minimum absolute atomic E-state index is 0.0465. The number of nitriles is 1. The fourth-order valence-corrected chi connectivity index (χ4v) is 6.82. The number of aliphatic hydroxyl groups excluding tert-OH is 1. The minimum Gasteiger partial charge on any atom is -0.391 e. The van der Waals surface area contributed by atoms with Gasteiger partial charge in [-0.1, -0.05) is 41.4 Å². The number of carbonyl (C=O) groups excluding carboxylic acids is 3. The van der Waals surface area contributed by atoms with Crippen LogP contribution < -0.4 is 10.6 Å². The van der Waals surface area contributed by atoms with Crippen molar-refractivity contribution in [3.8, 4) is 6.19 Å². The number of aliphatic hydroxyl groups is 1. The van der Waals surface area contributed by atoms with Gasteiger partial charge in [0, 0.05) is 30.9 Å². The summed E-state index contributed by atoms with van der Waals surface area (Å²) in [7, 11) is 0. The number of hydrogen-bond acceptors (Lipinski definition) is 7. The van der Waals surface area contributed by atoms with Gasteiger partial charge in [-0.2, -0.15) is 5.26 Å². The molecule has 3 aromatic rings. The Hall–Kier alpha value is -3.69. The lowest BCUT2D eigenvalue weighted by molar-refractivity contribution is -0.109. The van der Waals surface area contributed by atoms with Crippen molar-refractivity contribution in [1.82, 2.24) is 20.4 Å². The van der Waals surface area contributed by atoms with E-state index in [-0.39, 0.29) is 34.0 Å². The Morgan fingerprint density at radius 3 is 2.76 bits per heavy atom. The quantitative estimate of drug-likeness (QED) is 0.128. The van der Waals surface area contributed by atoms with Crippen LogP contribution in [0.3, 0.4) is 0 Å². The number of hydrogen-bond donors (Lipinski definition) is 3. The third-order valence-electron chi connectivity index (χ3n) is 7.10. The van der Waals surface area contributed by atoms with E-state index in [2.05, 4.69) is 15.6 Å². The summed E-state index contributed by atoms with van der Waals surface area (Å²) < 4.78 is 1.04. The normalized spacial score (nSPS) is 17.6. The van der Waals surface area contributed by atoms with Crippen molar-refractivity contribution < 1.29 is 19.5 Å². The number of carbonyl (C=O) groups is 3. The van der Waals surface area contributed by atoms with Gasteiger partial charge in [-0.25, -0.2) is 4.99 Å². The summed E-state index contributed by atoms with van der Waals surface area (Å²) in [4.78, 5) is 46.6. The van der Waals surface area contributed by atoms with Crippen LogP contribution >= 0.6 is 34.5 Å². The predicted molar refractivity (Wildman–Crippen MR) is 157 cm³/mol. The van der Waals surface area contributed by atoms with Gasteiger partial charge in [-0.3, -0.25) is 14.9 Å². The number of rotatable bonds is 6. The average molecular weight is 614 g/mol. The molecule has 0 bridgehead atoms. The molecule has 41 heavy (non-hydrogen) atoms. The number of thiophene rings is 1. The maximum atomic E-state index is 13.3. The fraction of sp³-hybridized carbons (Fsp3) is 0.321. The maximum Gasteiger partial charge on any atom is 0.264 e. The molecule has 0 radical (unpaired) electrons. The molecule has 13 heteroatoms. The average Bonchev–Trinajstić information content (AvgIpc) is 3.60. The Morgan fingerprint density at radius 1 is 1.24 bits per heavy atom. The van der Waals surface area contributed by atoms with Crippen LogP contribution in [0.25, 0.3) is 10.1 Å². The van der Waals surface area contributed by atoms with Gasteiger partial charge >= 0.3 is 0 Å². The predicted octanol–water partition coefficient (Wildman–Crippen LogP) is 3.20. The Bertz CT molecular complexity index is 1550. The van der Waals surface area contributed by atoms with E-state index < -0.39 is 18.1 Å². The van der Waals surface area contributed by atoms with Gasteiger partial charge in [-0.15, -0.1) is 11.3 Å². The summed E-state index contributed by atoms with van der Waals surface area (Å²) in [6, 6.07) is 10.4. The number of aliphatic imine (C=N–C) groups is 1. The summed E-state index contributed by atoms with van der Waals surface area (Å²) in [6.45, 7) is 1.39. The zero-order valence-electron chi connectivity index (χ0n) is 21.8. The van der Waals surface area contributed by atoms with Crippen LogP contribution in [-0.2, 0) is 17.8 Å². The van der Waals surface area contributed by atoms with Crippen molar-refractivity contribution in [2.75, 3.05) is 26.2 Å². The number of halogens is 2. The van der Waals surface area contributed by atoms with Crippen molar-refractivity contribution in [1.29, 1.82) is 5.26 Å². The Kier molecular flexibility index (Phi) is 8.75. The molecule has 3 N–H and O–H groups in total. The molecule has 2 atom stereocenters. The summed E-state index contributed by atoms with van der Waals surface area (Å²) >= 11 is 14.6. The SMILES string of the molecule is N#CNC(=NCC(C=O)NC(=O)c1c(Cl)cc2c(c1Cl)CCN(C(=O)c1cc3ccccc3s1)C2)N1CC[C@H](O)C1. The number of nitrogens with zero attached hydrogens (tertiary/aromatic N) is 4. The lowest BCUT2D eigenvalue weighted by atomic mass is 9.96.